The molecule has 1 aliphatic heterocycles. The number of carbonyl (C=O) groups is 2. The summed E-state index contributed by atoms with van der Waals surface area (Å²) in [5, 5.41) is 0. The van der Waals surface area contributed by atoms with Gasteiger partial charge in [-0.3, -0.25) is 4.79 Å². The molecule has 160 valence electrons. The Kier molecular flexibility index (Phi) is 6.65. The van der Waals surface area contributed by atoms with Gasteiger partial charge in [-0.05, 0) is 28.7 Å². The van der Waals surface area contributed by atoms with Gasteiger partial charge in [-0.1, -0.05) is 63.2 Å². The Bertz CT molecular complexity index is 852. The first-order valence-electron chi connectivity index (χ1n) is 10.4. The lowest BCUT2D eigenvalue weighted by molar-refractivity contribution is -0.133. The number of amides is 2. The van der Waals surface area contributed by atoms with Crippen LogP contribution in [0.25, 0.3) is 0 Å². The van der Waals surface area contributed by atoms with Crippen molar-refractivity contribution in [3.8, 4) is 0 Å². The van der Waals surface area contributed by atoms with E-state index in [0.29, 0.717) is 13.1 Å². The van der Waals surface area contributed by atoms with E-state index < -0.39 is 12.2 Å². The van der Waals surface area contributed by atoms with E-state index in [1.165, 1.54) is 11.3 Å². The van der Waals surface area contributed by atoms with Crippen LogP contribution in [-0.2, 0) is 14.9 Å². The zero-order chi connectivity index (χ0) is 21.7. The van der Waals surface area contributed by atoms with Crippen LogP contribution >= 0.6 is 0 Å². The van der Waals surface area contributed by atoms with Crippen LogP contribution in [0.15, 0.2) is 54.6 Å². The SMILES string of the molecule is CC(C)(C)c1ccc(N2CCN(C(=O)CC(OC(N)=O)c3ccccc3)CC2)cc1. The summed E-state index contributed by atoms with van der Waals surface area (Å²) in [6, 6.07) is 17.9. The van der Waals surface area contributed by atoms with Crippen molar-refractivity contribution in [1.82, 2.24) is 4.90 Å². The molecule has 0 spiro atoms. The number of benzene rings is 2. The van der Waals surface area contributed by atoms with Crippen molar-refractivity contribution in [2.24, 2.45) is 5.73 Å². The summed E-state index contributed by atoms with van der Waals surface area (Å²) in [6.45, 7) is 9.43. The minimum atomic E-state index is -0.875. The number of primary amides is 1. The van der Waals surface area contributed by atoms with E-state index in [2.05, 4.69) is 49.9 Å². The molecule has 2 aromatic carbocycles. The van der Waals surface area contributed by atoms with Crippen LogP contribution in [0.2, 0.25) is 0 Å². The molecule has 6 heteroatoms. The molecule has 0 aliphatic carbocycles. The predicted molar refractivity (Wildman–Crippen MR) is 118 cm³/mol. The third-order valence-electron chi connectivity index (χ3n) is 5.52. The number of nitrogens with two attached hydrogens (primary N) is 1. The minimum Gasteiger partial charge on any atom is -0.441 e. The summed E-state index contributed by atoms with van der Waals surface area (Å²) in [7, 11) is 0. The number of ether oxygens (including phenoxy) is 1. The second kappa shape index (κ2) is 9.20. The molecule has 1 atom stereocenters. The Hall–Kier alpha value is -3.02. The fraction of sp³-hybridized carbons (Fsp3) is 0.417. The molecule has 2 aromatic rings. The molecule has 3 rings (SSSR count). The quantitative estimate of drug-likeness (QED) is 0.814. The molecule has 2 amide bonds. The second-order valence-electron chi connectivity index (χ2n) is 8.71. The highest BCUT2D eigenvalue weighted by Crippen LogP contribution is 2.26. The third kappa shape index (κ3) is 5.53. The molecule has 30 heavy (non-hydrogen) atoms. The van der Waals surface area contributed by atoms with E-state index in [0.717, 1.165) is 18.7 Å². The minimum absolute atomic E-state index is 0.0344. The summed E-state index contributed by atoms with van der Waals surface area (Å²) in [4.78, 5) is 28.3. The van der Waals surface area contributed by atoms with Gasteiger partial charge >= 0.3 is 6.09 Å². The van der Waals surface area contributed by atoms with Crippen LogP contribution in [-0.4, -0.2) is 43.1 Å². The maximum Gasteiger partial charge on any atom is 0.405 e. The second-order valence-corrected chi connectivity index (χ2v) is 8.71. The molecule has 1 saturated heterocycles. The summed E-state index contributed by atoms with van der Waals surface area (Å²) in [5.41, 5.74) is 8.59. The van der Waals surface area contributed by atoms with E-state index in [9.17, 15) is 9.59 Å². The zero-order valence-electron chi connectivity index (χ0n) is 18.0. The monoisotopic (exact) mass is 409 g/mol. The molecule has 0 saturated carbocycles. The highest BCUT2D eigenvalue weighted by molar-refractivity contribution is 5.78. The Morgan fingerprint density at radius 2 is 1.57 bits per heavy atom. The Balaban J connectivity index is 1.58. The van der Waals surface area contributed by atoms with E-state index in [1.807, 2.05) is 35.2 Å². The van der Waals surface area contributed by atoms with Crippen LogP contribution in [0.4, 0.5) is 10.5 Å². The van der Waals surface area contributed by atoms with Gasteiger partial charge < -0.3 is 20.3 Å². The number of hydrogen-bond donors (Lipinski definition) is 1. The van der Waals surface area contributed by atoms with Crippen LogP contribution in [0.1, 0.15) is 44.4 Å². The molecule has 0 bridgehead atoms. The van der Waals surface area contributed by atoms with Crippen molar-refractivity contribution in [3.63, 3.8) is 0 Å². The highest BCUT2D eigenvalue weighted by atomic mass is 16.6. The van der Waals surface area contributed by atoms with E-state index >= 15 is 0 Å². The van der Waals surface area contributed by atoms with Gasteiger partial charge in [0.2, 0.25) is 5.91 Å². The largest absolute Gasteiger partial charge is 0.441 e. The molecular formula is C24H31N3O3. The Morgan fingerprint density at radius 3 is 2.10 bits per heavy atom. The van der Waals surface area contributed by atoms with Crippen LogP contribution < -0.4 is 10.6 Å². The molecule has 1 aliphatic rings. The molecule has 0 radical (unpaired) electrons. The number of piperazine rings is 1. The molecule has 0 aromatic heterocycles. The topological polar surface area (TPSA) is 75.9 Å². The van der Waals surface area contributed by atoms with Gasteiger partial charge in [-0.15, -0.1) is 0 Å². The molecule has 2 N–H and O–H groups in total. The van der Waals surface area contributed by atoms with Crippen molar-refractivity contribution in [2.75, 3.05) is 31.1 Å². The lowest BCUT2D eigenvalue weighted by Crippen LogP contribution is -2.49. The average Bonchev–Trinajstić information content (AvgIpc) is 2.73. The van der Waals surface area contributed by atoms with Gasteiger partial charge in [0.05, 0.1) is 6.42 Å². The van der Waals surface area contributed by atoms with Crippen molar-refractivity contribution in [1.29, 1.82) is 0 Å². The van der Waals surface area contributed by atoms with Crippen molar-refractivity contribution >= 4 is 17.7 Å². The average molecular weight is 410 g/mol. The smallest absolute Gasteiger partial charge is 0.405 e. The molecular weight excluding hydrogens is 378 g/mol. The van der Waals surface area contributed by atoms with E-state index in [-0.39, 0.29) is 17.7 Å². The lowest BCUT2D eigenvalue weighted by Gasteiger charge is -2.37. The molecule has 1 fully saturated rings. The summed E-state index contributed by atoms with van der Waals surface area (Å²) >= 11 is 0. The summed E-state index contributed by atoms with van der Waals surface area (Å²) < 4.78 is 5.21. The zero-order valence-corrected chi connectivity index (χ0v) is 18.0. The van der Waals surface area contributed by atoms with Gasteiger partial charge in [-0.25, -0.2) is 4.79 Å². The van der Waals surface area contributed by atoms with Crippen LogP contribution in [0, 0.1) is 0 Å². The number of hydrogen-bond acceptors (Lipinski definition) is 4. The number of nitrogens with zero attached hydrogens (tertiary/aromatic N) is 2. The van der Waals surface area contributed by atoms with Gasteiger partial charge in [-0.2, -0.15) is 0 Å². The standard InChI is InChI=1S/C24H31N3O3/c1-24(2,3)19-9-11-20(12-10-19)26-13-15-27(16-14-26)22(28)17-21(30-23(25)29)18-7-5-4-6-8-18/h4-12,21H,13-17H2,1-3H3,(H2,25,29). The Morgan fingerprint density at radius 1 is 0.967 bits per heavy atom. The van der Waals surface area contributed by atoms with Gasteiger partial charge in [0.1, 0.15) is 6.10 Å². The first kappa shape index (κ1) is 21.7. The van der Waals surface area contributed by atoms with E-state index in [4.69, 9.17) is 10.5 Å². The fourth-order valence-corrected chi connectivity index (χ4v) is 3.71. The maximum absolute atomic E-state index is 12.8. The maximum atomic E-state index is 12.8. The van der Waals surface area contributed by atoms with Crippen LogP contribution in [0.5, 0.6) is 0 Å². The number of anilines is 1. The highest BCUT2D eigenvalue weighted by Gasteiger charge is 2.26. The number of carbonyl (C=O) groups excluding carboxylic acids is 2. The molecule has 1 unspecified atom stereocenters. The van der Waals surface area contributed by atoms with Gasteiger partial charge in [0, 0.05) is 31.9 Å². The summed E-state index contributed by atoms with van der Waals surface area (Å²) in [5.74, 6) is -0.0344. The van der Waals surface area contributed by atoms with Crippen molar-refractivity contribution in [3.05, 3.63) is 65.7 Å². The van der Waals surface area contributed by atoms with Gasteiger partial charge in [0.15, 0.2) is 0 Å². The van der Waals surface area contributed by atoms with Gasteiger partial charge in [0.25, 0.3) is 0 Å². The third-order valence-corrected chi connectivity index (χ3v) is 5.52. The van der Waals surface area contributed by atoms with Crippen molar-refractivity contribution < 1.29 is 14.3 Å². The predicted octanol–water partition coefficient (Wildman–Crippen LogP) is 3.86. The normalized spacial score (nSPS) is 15.6. The summed E-state index contributed by atoms with van der Waals surface area (Å²) in [6.07, 6.45) is -1.45. The van der Waals surface area contributed by atoms with Crippen molar-refractivity contribution in [2.45, 2.75) is 38.7 Å². The lowest BCUT2D eigenvalue weighted by atomic mass is 9.87. The fourth-order valence-electron chi connectivity index (χ4n) is 3.71. The van der Waals surface area contributed by atoms with E-state index in [1.54, 1.807) is 0 Å². The van der Waals surface area contributed by atoms with Crippen LogP contribution in [0.3, 0.4) is 0 Å². The molecule has 1 heterocycles. The molecule has 6 nitrogen and oxygen atoms in total. The number of rotatable bonds is 5. The first-order chi connectivity index (χ1) is 14.2. The Labute approximate surface area is 178 Å². The first-order valence-corrected chi connectivity index (χ1v) is 10.4.